The molecule has 2 fully saturated rings. The third kappa shape index (κ3) is 1.84. The second-order valence-electron chi connectivity index (χ2n) is 4.40. The zero-order valence-electron chi connectivity index (χ0n) is 8.07. The van der Waals surface area contributed by atoms with E-state index in [2.05, 4.69) is 16.8 Å². The second kappa shape index (κ2) is 3.27. The Morgan fingerprint density at radius 2 is 1.85 bits per heavy atom. The molecule has 2 atom stereocenters. The van der Waals surface area contributed by atoms with Crippen molar-refractivity contribution in [1.82, 2.24) is 9.80 Å². The summed E-state index contributed by atoms with van der Waals surface area (Å²) in [5.41, 5.74) is 5.16. The van der Waals surface area contributed by atoms with Crippen LogP contribution in [0.2, 0.25) is 0 Å². The molecule has 1 amide bonds. The molecule has 0 bridgehead atoms. The first-order chi connectivity index (χ1) is 6.15. The fourth-order valence-corrected chi connectivity index (χ4v) is 2.67. The molecule has 2 saturated heterocycles. The molecular weight excluding hydrogens is 166 g/mol. The Morgan fingerprint density at radius 3 is 2.31 bits per heavy atom. The van der Waals surface area contributed by atoms with Gasteiger partial charge in [-0.05, 0) is 18.9 Å². The Kier molecular flexibility index (Phi) is 2.26. The largest absolute Gasteiger partial charge is 0.369 e. The van der Waals surface area contributed by atoms with Gasteiger partial charge in [0.2, 0.25) is 5.91 Å². The first kappa shape index (κ1) is 8.97. The Balaban J connectivity index is 1.86. The van der Waals surface area contributed by atoms with Gasteiger partial charge in [-0.1, -0.05) is 0 Å². The highest BCUT2D eigenvalue weighted by Gasteiger charge is 2.38. The number of carbonyl (C=O) groups is 1. The van der Waals surface area contributed by atoms with Gasteiger partial charge in [0, 0.05) is 26.2 Å². The molecule has 0 saturated carbocycles. The third-order valence-electron chi connectivity index (χ3n) is 3.12. The molecule has 0 aromatic carbocycles. The van der Waals surface area contributed by atoms with Crippen LogP contribution in [0.3, 0.4) is 0 Å². The zero-order chi connectivity index (χ0) is 9.42. The van der Waals surface area contributed by atoms with E-state index in [0.29, 0.717) is 6.54 Å². The monoisotopic (exact) mass is 183 g/mol. The van der Waals surface area contributed by atoms with Crippen LogP contribution in [0.5, 0.6) is 0 Å². The van der Waals surface area contributed by atoms with Crippen molar-refractivity contribution in [2.75, 3.05) is 39.8 Å². The van der Waals surface area contributed by atoms with E-state index in [4.69, 9.17) is 5.73 Å². The van der Waals surface area contributed by atoms with Gasteiger partial charge in [-0.15, -0.1) is 0 Å². The lowest BCUT2D eigenvalue weighted by molar-refractivity contribution is -0.119. The van der Waals surface area contributed by atoms with E-state index in [-0.39, 0.29) is 5.91 Å². The fraction of sp³-hybridized carbons (Fsp3) is 0.889. The molecule has 74 valence electrons. The van der Waals surface area contributed by atoms with Crippen molar-refractivity contribution in [3.05, 3.63) is 0 Å². The van der Waals surface area contributed by atoms with Gasteiger partial charge < -0.3 is 10.6 Å². The number of rotatable bonds is 2. The molecule has 4 heteroatoms. The van der Waals surface area contributed by atoms with Crippen LogP contribution in [0.4, 0.5) is 0 Å². The van der Waals surface area contributed by atoms with Crippen molar-refractivity contribution in [2.45, 2.75) is 0 Å². The fourth-order valence-electron chi connectivity index (χ4n) is 2.67. The first-order valence-electron chi connectivity index (χ1n) is 4.84. The summed E-state index contributed by atoms with van der Waals surface area (Å²) in [6.45, 7) is 4.91. The van der Waals surface area contributed by atoms with Crippen molar-refractivity contribution in [2.24, 2.45) is 17.6 Å². The molecule has 13 heavy (non-hydrogen) atoms. The highest BCUT2D eigenvalue weighted by atomic mass is 16.1. The molecule has 2 heterocycles. The maximum Gasteiger partial charge on any atom is 0.231 e. The lowest BCUT2D eigenvalue weighted by Crippen LogP contribution is -2.34. The van der Waals surface area contributed by atoms with Crippen molar-refractivity contribution >= 4 is 5.91 Å². The van der Waals surface area contributed by atoms with Crippen molar-refractivity contribution in [3.8, 4) is 0 Å². The molecule has 2 aliphatic heterocycles. The summed E-state index contributed by atoms with van der Waals surface area (Å²) >= 11 is 0. The Morgan fingerprint density at radius 1 is 1.31 bits per heavy atom. The van der Waals surface area contributed by atoms with Gasteiger partial charge in [-0.3, -0.25) is 9.69 Å². The lowest BCUT2D eigenvalue weighted by Gasteiger charge is -2.16. The molecule has 0 aromatic rings. The summed E-state index contributed by atoms with van der Waals surface area (Å²) in [5, 5.41) is 0. The number of fused-ring (bicyclic) bond motifs is 1. The van der Waals surface area contributed by atoms with Crippen LogP contribution in [-0.4, -0.2) is 55.5 Å². The minimum absolute atomic E-state index is 0.201. The average molecular weight is 183 g/mol. The minimum Gasteiger partial charge on any atom is -0.369 e. The SMILES string of the molecule is CN1C[C@@H]2CN(CC(N)=O)C[C@@H]2C1. The van der Waals surface area contributed by atoms with Gasteiger partial charge in [0.05, 0.1) is 6.54 Å². The van der Waals surface area contributed by atoms with Crippen LogP contribution in [0.1, 0.15) is 0 Å². The summed E-state index contributed by atoms with van der Waals surface area (Å²) < 4.78 is 0. The van der Waals surface area contributed by atoms with Gasteiger partial charge in [-0.25, -0.2) is 0 Å². The van der Waals surface area contributed by atoms with Crippen LogP contribution in [0, 0.1) is 11.8 Å². The summed E-state index contributed by atoms with van der Waals surface area (Å²) in [6, 6.07) is 0. The molecule has 0 unspecified atom stereocenters. The Hall–Kier alpha value is -0.610. The molecule has 4 nitrogen and oxygen atoms in total. The number of hydrogen-bond donors (Lipinski definition) is 1. The van der Waals surface area contributed by atoms with Gasteiger partial charge in [-0.2, -0.15) is 0 Å². The molecule has 0 aliphatic carbocycles. The van der Waals surface area contributed by atoms with E-state index in [1.54, 1.807) is 0 Å². The zero-order valence-corrected chi connectivity index (χ0v) is 8.07. The number of amides is 1. The standard InChI is InChI=1S/C9H17N3O/c1-11-2-7-4-12(6-9(10)13)5-8(7)3-11/h7-8H,2-6H2,1H3,(H2,10,13)/t7-,8+. The van der Waals surface area contributed by atoms with Crippen LogP contribution in [-0.2, 0) is 4.79 Å². The van der Waals surface area contributed by atoms with Gasteiger partial charge in [0.25, 0.3) is 0 Å². The Bertz CT molecular complexity index is 205. The van der Waals surface area contributed by atoms with E-state index < -0.39 is 0 Å². The third-order valence-corrected chi connectivity index (χ3v) is 3.12. The molecule has 0 spiro atoms. The molecule has 2 aliphatic rings. The lowest BCUT2D eigenvalue weighted by atomic mass is 10.0. The number of likely N-dealkylation sites (tertiary alicyclic amines) is 2. The topological polar surface area (TPSA) is 49.6 Å². The summed E-state index contributed by atoms with van der Waals surface area (Å²) in [6.07, 6.45) is 0. The minimum atomic E-state index is -0.201. The number of nitrogens with two attached hydrogens (primary N) is 1. The van der Waals surface area contributed by atoms with Crippen LogP contribution in [0.15, 0.2) is 0 Å². The van der Waals surface area contributed by atoms with Gasteiger partial charge in [0.15, 0.2) is 0 Å². The summed E-state index contributed by atoms with van der Waals surface area (Å²) in [7, 11) is 2.16. The molecular formula is C9H17N3O. The highest BCUT2D eigenvalue weighted by Crippen LogP contribution is 2.29. The predicted molar refractivity (Wildman–Crippen MR) is 50.1 cm³/mol. The number of carbonyl (C=O) groups excluding carboxylic acids is 1. The number of hydrogen-bond acceptors (Lipinski definition) is 3. The van der Waals surface area contributed by atoms with Crippen molar-refractivity contribution in [3.63, 3.8) is 0 Å². The number of primary amides is 1. The quantitative estimate of drug-likeness (QED) is 0.595. The smallest absolute Gasteiger partial charge is 0.231 e. The van der Waals surface area contributed by atoms with Gasteiger partial charge >= 0.3 is 0 Å². The highest BCUT2D eigenvalue weighted by molar-refractivity contribution is 5.75. The second-order valence-corrected chi connectivity index (χ2v) is 4.40. The molecule has 0 radical (unpaired) electrons. The molecule has 2 N–H and O–H groups in total. The predicted octanol–water partition coefficient (Wildman–Crippen LogP) is -1.03. The van der Waals surface area contributed by atoms with Crippen molar-refractivity contribution < 1.29 is 4.79 Å². The van der Waals surface area contributed by atoms with Crippen molar-refractivity contribution in [1.29, 1.82) is 0 Å². The first-order valence-corrected chi connectivity index (χ1v) is 4.84. The maximum atomic E-state index is 10.7. The average Bonchev–Trinajstić information content (AvgIpc) is 2.41. The van der Waals surface area contributed by atoms with Crippen LogP contribution >= 0.6 is 0 Å². The van der Waals surface area contributed by atoms with E-state index in [9.17, 15) is 4.79 Å². The van der Waals surface area contributed by atoms with Crippen LogP contribution in [0.25, 0.3) is 0 Å². The van der Waals surface area contributed by atoms with E-state index >= 15 is 0 Å². The molecule has 0 aromatic heterocycles. The van der Waals surface area contributed by atoms with E-state index in [1.807, 2.05) is 0 Å². The van der Waals surface area contributed by atoms with E-state index in [1.165, 1.54) is 13.1 Å². The molecule has 2 rings (SSSR count). The van der Waals surface area contributed by atoms with Gasteiger partial charge in [0.1, 0.15) is 0 Å². The summed E-state index contributed by atoms with van der Waals surface area (Å²) in [4.78, 5) is 15.3. The van der Waals surface area contributed by atoms with E-state index in [0.717, 1.165) is 24.9 Å². The maximum absolute atomic E-state index is 10.7. The normalized spacial score (nSPS) is 35.2. The summed E-state index contributed by atoms with van der Waals surface area (Å²) in [5.74, 6) is 1.34. The Labute approximate surface area is 78.7 Å². The number of nitrogens with zero attached hydrogens (tertiary/aromatic N) is 2. The van der Waals surface area contributed by atoms with Crippen LogP contribution < -0.4 is 5.73 Å².